The third-order valence-electron chi connectivity index (χ3n) is 7.40. The number of thioether (sulfide) groups is 1. The Labute approximate surface area is 281 Å². The van der Waals surface area contributed by atoms with E-state index in [4.69, 9.17) is 26.4 Å². The van der Waals surface area contributed by atoms with Gasteiger partial charge in [0, 0.05) is 37.4 Å². The molecule has 0 aliphatic carbocycles. The number of piperazine rings is 1. The number of amidine groups is 1. The van der Waals surface area contributed by atoms with Crippen molar-refractivity contribution >= 4 is 51.9 Å². The summed E-state index contributed by atoms with van der Waals surface area (Å²) >= 11 is 6.79. The van der Waals surface area contributed by atoms with Crippen molar-refractivity contribution in [3.05, 3.63) is 87.8 Å². The normalized spacial score (nSPS) is 16.2. The molecule has 2 aliphatic heterocycles. The number of methoxy groups -OCH3 is 2. The van der Waals surface area contributed by atoms with Crippen LogP contribution in [-0.4, -0.2) is 66.4 Å². The molecule has 3 aromatic carbocycles. The van der Waals surface area contributed by atoms with Crippen molar-refractivity contribution < 1.29 is 45.3 Å². The molecule has 1 fully saturated rings. The summed E-state index contributed by atoms with van der Waals surface area (Å²) in [7, 11) is 2.92. The summed E-state index contributed by atoms with van der Waals surface area (Å²) in [5, 5.41) is 4.36. The third-order valence-corrected chi connectivity index (χ3v) is 8.80. The number of ether oxygens (including phenoxy) is 3. The molecule has 0 atom stereocenters. The van der Waals surface area contributed by atoms with Crippen LogP contribution in [0.4, 0.5) is 32.0 Å². The Bertz CT molecular complexity index is 1740. The van der Waals surface area contributed by atoms with Crippen LogP contribution in [0, 0.1) is 0 Å². The van der Waals surface area contributed by atoms with Gasteiger partial charge in [0.05, 0.1) is 30.3 Å². The predicted octanol–water partition coefficient (Wildman–Crippen LogP) is 7.31. The summed E-state index contributed by atoms with van der Waals surface area (Å²) in [6, 6.07) is 13.3. The van der Waals surface area contributed by atoms with Gasteiger partial charge in [-0.3, -0.25) is 4.79 Å². The predicted molar refractivity (Wildman–Crippen MR) is 174 cm³/mol. The van der Waals surface area contributed by atoms with Crippen LogP contribution in [0.3, 0.4) is 0 Å². The number of benzene rings is 3. The number of anilines is 1. The number of carbonyl (C=O) groups excluding carboxylic acids is 1. The van der Waals surface area contributed by atoms with Crippen molar-refractivity contribution in [2.24, 2.45) is 4.99 Å². The number of halogens is 6. The minimum absolute atomic E-state index is 0.0623. The average molecular weight is 711 g/mol. The maximum atomic E-state index is 13.5. The van der Waals surface area contributed by atoms with Gasteiger partial charge in [-0.1, -0.05) is 12.1 Å². The number of alkyl halides is 6. The molecule has 254 valence electrons. The first-order valence-corrected chi connectivity index (χ1v) is 15.5. The number of amides is 1. The number of nitrogens with zero attached hydrogens (tertiary/aromatic N) is 3. The van der Waals surface area contributed by atoms with Crippen molar-refractivity contribution in [2.45, 2.75) is 19.0 Å². The molecule has 0 bridgehead atoms. The smallest absolute Gasteiger partial charge is 0.416 e. The highest BCUT2D eigenvalue weighted by atomic mass is 32.2. The van der Waals surface area contributed by atoms with E-state index in [0.717, 1.165) is 17.5 Å². The number of hydrogen-bond acceptors (Lipinski definition) is 7. The Balaban J connectivity index is 1.19. The van der Waals surface area contributed by atoms with Crippen molar-refractivity contribution in [2.75, 3.05) is 45.7 Å². The molecule has 2 heterocycles. The fourth-order valence-corrected chi connectivity index (χ4v) is 6.12. The molecule has 16 heteroatoms. The summed E-state index contributed by atoms with van der Waals surface area (Å²) in [6.07, 6.45) is -8.35. The Morgan fingerprint density at radius 1 is 0.917 bits per heavy atom. The van der Waals surface area contributed by atoms with Crippen molar-refractivity contribution in [1.29, 1.82) is 0 Å². The van der Waals surface area contributed by atoms with E-state index < -0.39 is 41.6 Å². The molecule has 5 rings (SSSR count). The summed E-state index contributed by atoms with van der Waals surface area (Å²) in [5.41, 5.74) is -1.95. The first kappa shape index (κ1) is 34.9. The Morgan fingerprint density at radius 3 is 2.25 bits per heavy atom. The van der Waals surface area contributed by atoms with Gasteiger partial charge in [0.25, 0.3) is 5.91 Å². The molecular formula is C32H28F6N4O4S2. The average Bonchev–Trinajstić information content (AvgIpc) is 3.42. The molecule has 8 nitrogen and oxygen atoms in total. The van der Waals surface area contributed by atoms with Crippen molar-refractivity contribution in [3.63, 3.8) is 0 Å². The number of hydrogen-bond donors (Lipinski definition) is 1. The second-order valence-electron chi connectivity index (χ2n) is 10.5. The molecule has 1 saturated heterocycles. The molecule has 48 heavy (non-hydrogen) atoms. The topological polar surface area (TPSA) is 75.6 Å². The van der Waals surface area contributed by atoms with Gasteiger partial charge in [0.1, 0.15) is 12.4 Å². The molecule has 0 aromatic heterocycles. The number of carbonyl (C=O) groups is 1. The standard InChI is InChI=1S/C32H28F6N4O4S2/c1-44-23-8-6-22(7-9-23)39-29(47)41-11-13-42(14-12-41)30-40-28(43)27(48-30)16-19-3-10-25(26(15-19)45-2)46-18-20-4-5-21(31(33,34)35)17-24(20)32(36,37)38/h3-10,15-17H,11-14,18H2,1-2H3,(H,39,47). The minimum Gasteiger partial charge on any atom is -0.497 e. The zero-order chi connectivity index (χ0) is 34.6. The minimum atomic E-state index is -5.03. The van der Waals surface area contributed by atoms with E-state index in [1.807, 2.05) is 34.1 Å². The lowest BCUT2D eigenvalue weighted by Crippen LogP contribution is -2.50. The molecule has 0 spiro atoms. The Morgan fingerprint density at radius 2 is 1.62 bits per heavy atom. The third kappa shape index (κ3) is 8.34. The largest absolute Gasteiger partial charge is 0.497 e. The van der Waals surface area contributed by atoms with Gasteiger partial charge in [-0.2, -0.15) is 31.3 Å². The van der Waals surface area contributed by atoms with Crippen molar-refractivity contribution in [3.8, 4) is 17.2 Å². The quantitative estimate of drug-likeness (QED) is 0.155. The Hall–Kier alpha value is -4.44. The highest BCUT2D eigenvalue weighted by molar-refractivity contribution is 8.18. The van der Waals surface area contributed by atoms with Crippen molar-refractivity contribution in [1.82, 2.24) is 9.80 Å². The molecule has 1 N–H and O–H groups in total. The molecule has 0 saturated carbocycles. The molecule has 1 amide bonds. The number of nitrogens with one attached hydrogen (secondary N) is 1. The molecule has 0 radical (unpaired) electrons. The van der Waals surface area contributed by atoms with E-state index in [1.54, 1.807) is 19.3 Å². The first-order valence-electron chi connectivity index (χ1n) is 14.3. The van der Waals surface area contributed by atoms with Crippen LogP contribution in [0.5, 0.6) is 17.2 Å². The van der Waals surface area contributed by atoms with Gasteiger partial charge in [0.2, 0.25) is 0 Å². The maximum absolute atomic E-state index is 13.5. The van der Waals surface area contributed by atoms with E-state index >= 15 is 0 Å². The zero-order valence-corrected chi connectivity index (χ0v) is 27.1. The highest BCUT2D eigenvalue weighted by Gasteiger charge is 2.38. The number of aliphatic imine (C=N–C) groups is 1. The monoisotopic (exact) mass is 710 g/mol. The van der Waals surface area contributed by atoms with Gasteiger partial charge in [-0.15, -0.1) is 0 Å². The van der Waals surface area contributed by atoms with Gasteiger partial charge >= 0.3 is 12.4 Å². The number of thiocarbonyl (C=S) groups is 1. The lowest BCUT2D eigenvalue weighted by Gasteiger charge is -2.36. The fourth-order valence-electron chi connectivity index (χ4n) is 4.85. The zero-order valence-electron chi connectivity index (χ0n) is 25.4. The maximum Gasteiger partial charge on any atom is 0.416 e. The van der Waals surface area contributed by atoms with Crippen LogP contribution in [-0.2, 0) is 23.8 Å². The second kappa shape index (κ2) is 14.4. The molecule has 0 unspecified atom stereocenters. The van der Waals surface area contributed by atoms with Crippen LogP contribution in [0.25, 0.3) is 6.08 Å². The number of rotatable bonds is 7. The molecule has 3 aromatic rings. The van der Waals surface area contributed by atoms with E-state index in [0.29, 0.717) is 53.0 Å². The summed E-state index contributed by atoms with van der Waals surface area (Å²) in [6.45, 7) is 1.75. The van der Waals surface area contributed by atoms with Crippen LogP contribution in [0.2, 0.25) is 0 Å². The highest BCUT2D eigenvalue weighted by Crippen LogP contribution is 2.39. The van der Waals surface area contributed by atoms with Gasteiger partial charge in [-0.05, 0) is 84.2 Å². The second-order valence-corrected chi connectivity index (χ2v) is 11.9. The fraction of sp³-hybridized carbons (Fsp3) is 0.281. The van der Waals surface area contributed by atoms with Gasteiger partial charge in [0.15, 0.2) is 21.8 Å². The lowest BCUT2D eigenvalue weighted by molar-refractivity contribution is -0.143. The Kier molecular flexibility index (Phi) is 10.4. The van der Waals surface area contributed by atoms with E-state index in [2.05, 4.69) is 10.3 Å². The summed E-state index contributed by atoms with van der Waals surface area (Å²) in [4.78, 5) is 21.4. The summed E-state index contributed by atoms with van der Waals surface area (Å²) < 4.78 is 95.7. The van der Waals surface area contributed by atoms with E-state index in [1.165, 1.54) is 31.0 Å². The van der Waals surface area contributed by atoms with E-state index in [-0.39, 0.29) is 17.6 Å². The van der Waals surface area contributed by atoms with Crippen LogP contribution < -0.4 is 19.5 Å². The van der Waals surface area contributed by atoms with E-state index in [9.17, 15) is 31.1 Å². The lowest BCUT2D eigenvalue weighted by atomic mass is 10.0. The molecule has 2 aliphatic rings. The first-order chi connectivity index (χ1) is 22.7. The van der Waals surface area contributed by atoms with Crippen LogP contribution >= 0.6 is 24.0 Å². The van der Waals surface area contributed by atoms with Crippen LogP contribution in [0.1, 0.15) is 22.3 Å². The van der Waals surface area contributed by atoms with Crippen LogP contribution in [0.15, 0.2) is 70.6 Å². The van der Waals surface area contributed by atoms with Gasteiger partial charge < -0.3 is 29.3 Å². The van der Waals surface area contributed by atoms with Gasteiger partial charge in [-0.25, -0.2) is 0 Å². The molecular weight excluding hydrogens is 682 g/mol. The SMILES string of the molecule is COc1ccc(NC(=S)N2CCN(C3=NC(=O)C(=Cc4ccc(OCc5ccc(C(F)(F)F)cc5C(F)(F)F)c(OC)c4)S3)CC2)cc1. The summed E-state index contributed by atoms with van der Waals surface area (Å²) in [5.74, 6) is 0.531.